The molecule has 0 radical (unpaired) electrons. The van der Waals surface area contributed by atoms with Crippen molar-refractivity contribution < 1.29 is 4.79 Å². The molecular formula is C19H27NO. The first-order chi connectivity index (χ1) is 10.2. The maximum Gasteiger partial charge on any atom is 0.144 e. The third kappa shape index (κ3) is 3.06. The first-order valence-electron chi connectivity index (χ1n) is 8.58. The quantitative estimate of drug-likeness (QED) is 0.859. The van der Waals surface area contributed by atoms with E-state index in [1.807, 2.05) is 0 Å². The van der Waals surface area contributed by atoms with Crippen LogP contribution >= 0.6 is 0 Å². The Morgan fingerprint density at radius 1 is 1.00 bits per heavy atom. The molecule has 0 amide bonds. The summed E-state index contributed by atoms with van der Waals surface area (Å²) in [6, 6.07) is 6.65. The summed E-state index contributed by atoms with van der Waals surface area (Å²) in [5.41, 5.74) is 9.93. The first-order valence-corrected chi connectivity index (χ1v) is 8.58. The summed E-state index contributed by atoms with van der Waals surface area (Å²) in [6.45, 7) is 0.525. The van der Waals surface area contributed by atoms with Gasteiger partial charge in [0.1, 0.15) is 5.78 Å². The lowest BCUT2D eigenvalue weighted by Crippen LogP contribution is -2.39. The third-order valence-corrected chi connectivity index (χ3v) is 5.57. The van der Waals surface area contributed by atoms with Crippen molar-refractivity contribution in [2.75, 3.05) is 6.54 Å². The van der Waals surface area contributed by atoms with E-state index in [2.05, 4.69) is 18.2 Å². The van der Waals surface area contributed by atoms with Gasteiger partial charge in [-0.05, 0) is 48.8 Å². The molecule has 2 N–H and O–H groups in total. The summed E-state index contributed by atoms with van der Waals surface area (Å²) in [7, 11) is 0. The third-order valence-electron chi connectivity index (χ3n) is 5.57. The molecule has 0 saturated heterocycles. The fraction of sp³-hybridized carbons (Fsp3) is 0.632. The molecule has 0 aliphatic heterocycles. The van der Waals surface area contributed by atoms with Gasteiger partial charge in [-0.3, -0.25) is 4.79 Å². The minimum absolute atomic E-state index is 0.241. The van der Waals surface area contributed by atoms with Gasteiger partial charge >= 0.3 is 0 Å². The van der Waals surface area contributed by atoms with E-state index in [9.17, 15) is 4.79 Å². The van der Waals surface area contributed by atoms with Crippen LogP contribution in [0.2, 0.25) is 0 Å². The standard InChI is InChI=1S/C19H27NO/c20-14-19(10-3-1-2-4-11-19)18(21)13-15-8-9-16-6-5-7-17(16)12-15/h8-9,12H,1-7,10-11,13-14,20H2. The monoisotopic (exact) mass is 285 g/mol. The molecule has 0 aromatic heterocycles. The number of ketones is 1. The van der Waals surface area contributed by atoms with E-state index in [1.54, 1.807) is 0 Å². The van der Waals surface area contributed by atoms with Gasteiger partial charge in [0, 0.05) is 18.4 Å². The average Bonchev–Trinajstić information content (AvgIpc) is 2.82. The number of carbonyl (C=O) groups excluding carboxylic acids is 1. The zero-order valence-electron chi connectivity index (χ0n) is 13.0. The van der Waals surface area contributed by atoms with Crippen LogP contribution in [0.25, 0.3) is 0 Å². The largest absolute Gasteiger partial charge is 0.329 e. The molecule has 2 heteroatoms. The number of Topliss-reactive ketones (excluding diaryl/α,β-unsaturated/α-hetero) is 1. The van der Waals surface area contributed by atoms with E-state index in [1.165, 1.54) is 48.8 Å². The van der Waals surface area contributed by atoms with Crippen molar-refractivity contribution in [1.82, 2.24) is 0 Å². The van der Waals surface area contributed by atoms with Crippen molar-refractivity contribution >= 4 is 5.78 Å². The highest BCUT2D eigenvalue weighted by atomic mass is 16.1. The van der Waals surface area contributed by atoms with E-state index in [-0.39, 0.29) is 5.41 Å². The summed E-state index contributed by atoms with van der Waals surface area (Å²) in [5.74, 6) is 0.379. The van der Waals surface area contributed by atoms with Gasteiger partial charge in [-0.2, -0.15) is 0 Å². The molecule has 0 atom stereocenters. The Morgan fingerprint density at radius 3 is 2.43 bits per heavy atom. The lowest BCUT2D eigenvalue weighted by Gasteiger charge is -2.30. The number of fused-ring (bicyclic) bond motifs is 1. The molecule has 114 valence electrons. The van der Waals surface area contributed by atoms with Gasteiger partial charge in [0.05, 0.1) is 0 Å². The summed E-state index contributed by atoms with van der Waals surface area (Å²) in [4.78, 5) is 12.9. The van der Waals surface area contributed by atoms with E-state index in [0.29, 0.717) is 18.7 Å². The van der Waals surface area contributed by atoms with Crippen molar-refractivity contribution in [3.63, 3.8) is 0 Å². The topological polar surface area (TPSA) is 43.1 Å². The van der Waals surface area contributed by atoms with E-state index < -0.39 is 0 Å². The molecule has 0 spiro atoms. The fourth-order valence-corrected chi connectivity index (χ4v) is 4.11. The molecule has 3 rings (SSSR count). The van der Waals surface area contributed by atoms with Crippen LogP contribution in [0.15, 0.2) is 18.2 Å². The van der Waals surface area contributed by atoms with Crippen LogP contribution in [0.3, 0.4) is 0 Å². The van der Waals surface area contributed by atoms with Crippen molar-refractivity contribution in [1.29, 1.82) is 0 Å². The van der Waals surface area contributed by atoms with E-state index >= 15 is 0 Å². The molecule has 1 aromatic rings. The second-order valence-electron chi connectivity index (χ2n) is 6.96. The minimum Gasteiger partial charge on any atom is -0.329 e. The number of nitrogens with two attached hydrogens (primary N) is 1. The van der Waals surface area contributed by atoms with Crippen LogP contribution in [0.1, 0.15) is 61.6 Å². The SMILES string of the molecule is NCC1(C(=O)Cc2ccc3c(c2)CCC3)CCCCCC1. The van der Waals surface area contributed by atoms with Crippen molar-refractivity contribution in [2.45, 2.75) is 64.2 Å². The highest BCUT2D eigenvalue weighted by Gasteiger charge is 2.36. The summed E-state index contributed by atoms with van der Waals surface area (Å²) in [6.07, 6.45) is 11.0. The second-order valence-corrected chi connectivity index (χ2v) is 6.96. The molecule has 2 aliphatic carbocycles. The van der Waals surface area contributed by atoms with Crippen LogP contribution in [-0.2, 0) is 24.1 Å². The molecule has 0 heterocycles. The predicted octanol–water partition coefficient (Wildman–Crippen LogP) is 3.59. The number of carbonyl (C=O) groups is 1. The molecule has 0 unspecified atom stereocenters. The Labute approximate surface area is 128 Å². The molecule has 1 fully saturated rings. The molecule has 1 saturated carbocycles. The van der Waals surface area contributed by atoms with Crippen LogP contribution in [0.4, 0.5) is 0 Å². The van der Waals surface area contributed by atoms with Crippen molar-refractivity contribution in [3.05, 3.63) is 34.9 Å². The number of benzene rings is 1. The minimum atomic E-state index is -0.241. The van der Waals surface area contributed by atoms with Gasteiger partial charge < -0.3 is 5.73 Å². The fourth-order valence-electron chi connectivity index (χ4n) is 4.11. The molecule has 2 nitrogen and oxygen atoms in total. The predicted molar refractivity (Wildman–Crippen MR) is 86.4 cm³/mol. The van der Waals surface area contributed by atoms with Gasteiger partial charge in [0.15, 0.2) is 0 Å². The Balaban J connectivity index is 1.75. The summed E-state index contributed by atoms with van der Waals surface area (Å²) in [5, 5.41) is 0. The zero-order valence-corrected chi connectivity index (χ0v) is 13.0. The second kappa shape index (κ2) is 6.31. The smallest absolute Gasteiger partial charge is 0.144 e. The van der Waals surface area contributed by atoms with Gasteiger partial charge in [0.25, 0.3) is 0 Å². The summed E-state index contributed by atoms with van der Waals surface area (Å²) >= 11 is 0. The molecule has 0 bridgehead atoms. The normalized spacial score (nSPS) is 20.8. The van der Waals surface area contributed by atoms with Crippen LogP contribution in [-0.4, -0.2) is 12.3 Å². The lowest BCUT2D eigenvalue weighted by atomic mass is 9.74. The Morgan fingerprint density at radius 2 is 1.71 bits per heavy atom. The average molecular weight is 285 g/mol. The molecule has 2 aliphatic rings. The number of hydrogen-bond acceptors (Lipinski definition) is 2. The lowest BCUT2D eigenvalue weighted by molar-refractivity contribution is -0.128. The Bertz CT molecular complexity index is 512. The number of rotatable bonds is 4. The molecular weight excluding hydrogens is 258 g/mol. The highest BCUT2D eigenvalue weighted by Crippen LogP contribution is 2.36. The van der Waals surface area contributed by atoms with Gasteiger partial charge in [-0.25, -0.2) is 0 Å². The van der Waals surface area contributed by atoms with Crippen molar-refractivity contribution in [2.24, 2.45) is 11.1 Å². The number of aryl methyl sites for hydroxylation is 2. The van der Waals surface area contributed by atoms with Gasteiger partial charge in [-0.1, -0.05) is 43.9 Å². The van der Waals surface area contributed by atoms with Crippen LogP contribution in [0.5, 0.6) is 0 Å². The van der Waals surface area contributed by atoms with Crippen molar-refractivity contribution in [3.8, 4) is 0 Å². The van der Waals surface area contributed by atoms with Gasteiger partial charge in [-0.15, -0.1) is 0 Å². The molecule has 21 heavy (non-hydrogen) atoms. The highest BCUT2D eigenvalue weighted by molar-refractivity contribution is 5.87. The van der Waals surface area contributed by atoms with Gasteiger partial charge in [0.2, 0.25) is 0 Å². The van der Waals surface area contributed by atoms with E-state index in [0.717, 1.165) is 25.7 Å². The van der Waals surface area contributed by atoms with Crippen LogP contribution < -0.4 is 5.73 Å². The maximum absolute atomic E-state index is 12.9. The number of hydrogen-bond donors (Lipinski definition) is 1. The Hall–Kier alpha value is -1.15. The summed E-state index contributed by atoms with van der Waals surface area (Å²) < 4.78 is 0. The first kappa shape index (κ1) is 14.8. The zero-order chi connectivity index (χ0) is 14.7. The molecule has 1 aromatic carbocycles. The van der Waals surface area contributed by atoms with Crippen LogP contribution in [0, 0.1) is 5.41 Å². The maximum atomic E-state index is 12.9. The van der Waals surface area contributed by atoms with E-state index in [4.69, 9.17) is 5.73 Å². The Kier molecular flexibility index (Phi) is 4.44.